The molecule has 2 amide bonds. The third kappa shape index (κ3) is 22.9. The standard InChI is InChI=1S/C45H84F6N2O2/c1-5-9-13-17-21-25-29-33-37-52(38-34-30-26-22-18-14-10-6-2)41(54)43(46,47)45(50,51)44(48,49)42(55)53(39-35-31-27-23-19-15-11-7-3)40-36-32-28-24-20-16-12-8-4/h5-40H2,1-4H3. The summed E-state index contributed by atoms with van der Waals surface area (Å²) in [6, 6.07) is 0. The first-order valence-corrected chi connectivity index (χ1v) is 23.1. The second-order valence-corrected chi connectivity index (χ2v) is 16.2. The van der Waals surface area contributed by atoms with Crippen molar-refractivity contribution < 1.29 is 35.9 Å². The first-order valence-electron chi connectivity index (χ1n) is 23.1. The SMILES string of the molecule is CCCCCCCCCCN(CCCCCCCCCC)C(=O)C(F)(F)C(F)(F)C(F)(F)C(=O)N(CCCCCCCCCC)CCCCCCCCCC. The van der Waals surface area contributed by atoms with Gasteiger partial charge in [0.05, 0.1) is 0 Å². The van der Waals surface area contributed by atoms with E-state index in [1.165, 1.54) is 0 Å². The summed E-state index contributed by atoms with van der Waals surface area (Å²) in [6.45, 7) is 7.64. The average Bonchev–Trinajstić information content (AvgIpc) is 3.16. The van der Waals surface area contributed by atoms with Crippen molar-refractivity contribution in [3.05, 3.63) is 0 Å². The lowest BCUT2D eigenvalue weighted by atomic mass is 10.00. The van der Waals surface area contributed by atoms with Crippen LogP contribution in [-0.4, -0.2) is 65.6 Å². The normalized spacial score (nSPS) is 12.4. The number of unbranched alkanes of at least 4 members (excludes halogenated alkanes) is 28. The molecule has 328 valence electrons. The molecular formula is C45H84F6N2O2. The van der Waals surface area contributed by atoms with Crippen molar-refractivity contribution in [1.29, 1.82) is 0 Å². The quantitative estimate of drug-likeness (QED) is 0.0458. The first kappa shape index (κ1) is 53.5. The fourth-order valence-electron chi connectivity index (χ4n) is 7.24. The van der Waals surface area contributed by atoms with Crippen LogP contribution >= 0.6 is 0 Å². The summed E-state index contributed by atoms with van der Waals surface area (Å²) in [5.74, 6) is -22.3. The van der Waals surface area contributed by atoms with Crippen molar-refractivity contribution in [2.24, 2.45) is 0 Å². The Kier molecular flexibility index (Phi) is 32.6. The van der Waals surface area contributed by atoms with Gasteiger partial charge in [-0.3, -0.25) is 9.59 Å². The average molecular weight is 799 g/mol. The molecule has 0 spiro atoms. The monoisotopic (exact) mass is 799 g/mol. The summed E-state index contributed by atoms with van der Waals surface area (Å²) in [5.41, 5.74) is 0. The lowest BCUT2D eigenvalue weighted by Gasteiger charge is -2.36. The number of hydrogen-bond donors (Lipinski definition) is 0. The number of amides is 2. The highest BCUT2D eigenvalue weighted by Gasteiger charge is 2.78. The molecule has 0 aromatic rings. The van der Waals surface area contributed by atoms with Crippen LogP contribution in [0, 0.1) is 0 Å². The molecule has 0 aliphatic carbocycles. The van der Waals surface area contributed by atoms with Gasteiger partial charge in [-0.2, -0.15) is 26.3 Å². The molecule has 0 aromatic carbocycles. The Morgan fingerprint density at radius 2 is 0.473 bits per heavy atom. The van der Waals surface area contributed by atoms with Gasteiger partial charge in [0.2, 0.25) is 0 Å². The third-order valence-electron chi connectivity index (χ3n) is 11.0. The molecule has 0 unspecified atom stereocenters. The number of carbonyl (C=O) groups is 2. The van der Waals surface area contributed by atoms with Crippen LogP contribution in [0.25, 0.3) is 0 Å². The molecule has 0 N–H and O–H groups in total. The van der Waals surface area contributed by atoms with Gasteiger partial charge in [-0.05, 0) is 25.7 Å². The molecule has 55 heavy (non-hydrogen) atoms. The maximum atomic E-state index is 15.6. The summed E-state index contributed by atoms with van der Waals surface area (Å²) in [4.78, 5) is 27.8. The summed E-state index contributed by atoms with van der Waals surface area (Å²) in [6.07, 6.45) is 28.3. The lowest BCUT2D eigenvalue weighted by molar-refractivity contribution is -0.293. The van der Waals surface area contributed by atoms with Gasteiger partial charge < -0.3 is 9.80 Å². The fourth-order valence-corrected chi connectivity index (χ4v) is 7.24. The minimum atomic E-state index is -6.19. The summed E-state index contributed by atoms with van der Waals surface area (Å²) < 4.78 is 93.7. The predicted octanol–water partition coefficient (Wildman–Crippen LogP) is 15.1. The summed E-state index contributed by atoms with van der Waals surface area (Å²) >= 11 is 0. The van der Waals surface area contributed by atoms with E-state index in [-0.39, 0.29) is 26.2 Å². The predicted molar refractivity (Wildman–Crippen MR) is 218 cm³/mol. The molecule has 0 bridgehead atoms. The minimum absolute atomic E-state index is 0.210. The fraction of sp³-hybridized carbons (Fsp3) is 0.956. The Balaban J connectivity index is 5.76. The Labute approximate surface area is 334 Å². The molecule has 0 aliphatic heterocycles. The first-order chi connectivity index (χ1) is 26.4. The molecule has 0 saturated heterocycles. The molecule has 0 aromatic heterocycles. The van der Waals surface area contributed by atoms with Crippen LogP contribution in [0.4, 0.5) is 26.3 Å². The zero-order valence-electron chi connectivity index (χ0n) is 35.9. The summed E-state index contributed by atoms with van der Waals surface area (Å²) in [5, 5.41) is 0. The molecule has 0 heterocycles. The van der Waals surface area contributed by atoms with Crippen molar-refractivity contribution >= 4 is 11.8 Å². The second kappa shape index (κ2) is 33.5. The largest absolute Gasteiger partial charge is 0.393 e. The van der Waals surface area contributed by atoms with Gasteiger partial charge in [0.15, 0.2) is 0 Å². The van der Waals surface area contributed by atoms with Gasteiger partial charge in [-0.15, -0.1) is 0 Å². The van der Waals surface area contributed by atoms with E-state index >= 15 is 26.3 Å². The van der Waals surface area contributed by atoms with Gasteiger partial charge >= 0.3 is 17.8 Å². The number of hydrogen-bond acceptors (Lipinski definition) is 2. The zero-order valence-corrected chi connectivity index (χ0v) is 35.9. The highest BCUT2D eigenvalue weighted by molar-refractivity contribution is 5.90. The minimum Gasteiger partial charge on any atom is -0.337 e. The number of carbonyl (C=O) groups excluding carboxylic acids is 2. The van der Waals surface area contributed by atoms with Gasteiger partial charge in [0.1, 0.15) is 0 Å². The van der Waals surface area contributed by atoms with E-state index in [0.717, 1.165) is 154 Å². The zero-order chi connectivity index (χ0) is 41.3. The van der Waals surface area contributed by atoms with Crippen molar-refractivity contribution in [1.82, 2.24) is 9.80 Å². The molecule has 0 fully saturated rings. The van der Waals surface area contributed by atoms with E-state index in [2.05, 4.69) is 27.7 Å². The van der Waals surface area contributed by atoms with E-state index < -0.39 is 29.6 Å². The Morgan fingerprint density at radius 3 is 0.655 bits per heavy atom. The van der Waals surface area contributed by atoms with Gasteiger partial charge in [0.25, 0.3) is 11.8 Å². The maximum absolute atomic E-state index is 15.6. The van der Waals surface area contributed by atoms with Gasteiger partial charge in [-0.25, -0.2) is 0 Å². The second-order valence-electron chi connectivity index (χ2n) is 16.2. The van der Waals surface area contributed by atoms with Crippen LogP contribution in [0.1, 0.15) is 233 Å². The van der Waals surface area contributed by atoms with Crippen molar-refractivity contribution in [3.8, 4) is 0 Å². The van der Waals surface area contributed by atoms with Crippen molar-refractivity contribution in [3.63, 3.8) is 0 Å². The van der Waals surface area contributed by atoms with Crippen LogP contribution in [0.15, 0.2) is 0 Å². The molecule has 10 heteroatoms. The van der Waals surface area contributed by atoms with Crippen LogP contribution in [0.2, 0.25) is 0 Å². The number of rotatable bonds is 40. The number of nitrogens with zero attached hydrogens (tertiary/aromatic N) is 2. The number of alkyl halides is 6. The molecule has 0 aliphatic rings. The maximum Gasteiger partial charge on any atom is 0.393 e. The van der Waals surface area contributed by atoms with E-state index in [1.54, 1.807) is 0 Å². The Bertz CT molecular complexity index is 810. The third-order valence-corrected chi connectivity index (χ3v) is 11.0. The molecular weight excluding hydrogens is 714 g/mol. The highest BCUT2D eigenvalue weighted by atomic mass is 19.3. The highest BCUT2D eigenvalue weighted by Crippen LogP contribution is 2.47. The van der Waals surface area contributed by atoms with Crippen LogP contribution in [0.5, 0.6) is 0 Å². The summed E-state index contributed by atoms with van der Waals surface area (Å²) in [7, 11) is 0. The van der Waals surface area contributed by atoms with E-state index in [9.17, 15) is 9.59 Å². The number of halogens is 6. The van der Waals surface area contributed by atoms with Crippen molar-refractivity contribution in [2.45, 2.75) is 251 Å². The Hall–Kier alpha value is -1.48. The van der Waals surface area contributed by atoms with Crippen LogP contribution in [0.3, 0.4) is 0 Å². The molecule has 0 rings (SSSR count). The van der Waals surface area contributed by atoms with E-state index in [0.29, 0.717) is 61.2 Å². The van der Waals surface area contributed by atoms with Crippen molar-refractivity contribution in [2.75, 3.05) is 26.2 Å². The van der Waals surface area contributed by atoms with Crippen LogP contribution in [-0.2, 0) is 9.59 Å². The molecule has 0 radical (unpaired) electrons. The molecule has 0 saturated carbocycles. The lowest BCUT2D eigenvalue weighted by Crippen LogP contribution is -2.66. The van der Waals surface area contributed by atoms with Gasteiger partial charge in [-0.1, -0.05) is 207 Å². The van der Waals surface area contributed by atoms with E-state index in [4.69, 9.17) is 0 Å². The smallest absolute Gasteiger partial charge is 0.337 e. The molecule has 4 nitrogen and oxygen atoms in total. The Morgan fingerprint density at radius 1 is 0.309 bits per heavy atom. The van der Waals surface area contributed by atoms with E-state index in [1.807, 2.05) is 0 Å². The molecule has 0 atom stereocenters. The van der Waals surface area contributed by atoms with Gasteiger partial charge in [0, 0.05) is 26.2 Å². The topological polar surface area (TPSA) is 40.6 Å². The van der Waals surface area contributed by atoms with Crippen LogP contribution < -0.4 is 0 Å².